The van der Waals surface area contributed by atoms with Gasteiger partial charge < -0.3 is 20.9 Å². The SMILES string of the molecule is CCNCc1cc(F)c(-c2cc3c(-c4cc(N5CCN(C)CC5)ccc4C(N)=O)n[nH]c3cn2)c(C(F)(F)F)c1. The number of fused-ring (bicyclic) bond motifs is 1. The van der Waals surface area contributed by atoms with Gasteiger partial charge in [-0.15, -0.1) is 0 Å². The lowest BCUT2D eigenvalue weighted by atomic mass is 9.97. The van der Waals surface area contributed by atoms with Gasteiger partial charge in [0.05, 0.1) is 23.0 Å². The zero-order valence-corrected chi connectivity index (χ0v) is 22.1. The number of pyridine rings is 1. The van der Waals surface area contributed by atoms with Crippen molar-refractivity contribution in [3.63, 3.8) is 0 Å². The predicted molar refractivity (Wildman–Crippen MR) is 145 cm³/mol. The number of rotatable bonds is 7. The average molecular weight is 556 g/mol. The van der Waals surface area contributed by atoms with Crippen LogP contribution in [0.2, 0.25) is 0 Å². The Kier molecular flexibility index (Phi) is 7.47. The zero-order chi connectivity index (χ0) is 28.6. The zero-order valence-electron chi connectivity index (χ0n) is 22.1. The van der Waals surface area contributed by atoms with Crippen LogP contribution < -0.4 is 16.0 Å². The van der Waals surface area contributed by atoms with Gasteiger partial charge >= 0.3 is 6.18 Å². The number of nitrogens with two attached hydrogens (primary N) is 1. The van der Waals surface area contributed by atoms with Crippen LogP contribution in [0.3, 0.4) is 0 Å². The number of nitrogens with zero attached hydrogens (tertiary/aromatic N) is 4. The quantitative estimate of drug-likeness (QED) is 0.292. The summed E-state index contributed by atoms with van der Waals surface area (Å²) < 4.78 is 57.6. The number of benzene rings is 2. The van der Waals surface area contributed by atoms with E-state index in [0.29, 0.717) is 28.7 Å². The molecule has 5 rings (SSSR count). The number of H-pyrrole nitrogens is 1. The molecule has 0 spiro atoms. The van der Waals surface area contributed by atoms with Gasteiger partial charge in [0.25, 0.3) is 0 Å². The fraction of sp³-hybridized carbons (Fsp3) is 0.321. The largest absolute Gasteiger partial charge is 0.417 e. The van der Waals surface area contributed by atoms with Crippen LogP contribution in [0.15, 0.2) is 42.6 Å². The molecule has 1 aliphatic rings. The summed E-state index contributed by atoms with van der Waals surface area (Å²) in [5, 5.41) is 10.5. The van der Waals surface area contributed by atoms with Crippen LogP contribution in [0, 0.1) is 5.82 Å². The molecule has 40 heavy (non-hydrogen) atoms. The van der Waals surface area contributed by atoms with Gasteiger partial charge in [-0.25, -0.2) is 4.39 Å². The number of piperazine rings is 1. The van der Waals surface area contributed by atoms with Crippen molar-refractivity contribution >= 4 is 22.5 Å². The van der Waals surface area contributed by atoms with Crippen LogP contribution in [0.25, 0.3) is 33.4 Å². The van der Waals surface area contributed by atoms with Crippen LogP contribution in [0.4, 0.5) is 23.2 Å². The van der Waals surface area contributed by atoms with E-state index in [1.165, 1.54) is 12.3 Å². The number of anilines is 1. The minimum atomic E-state index is -4.82. The number of carbonyl (C=O) groups is 1. The van der Waals surface area contributed by atoms with Gasteiger partial charge in [-0.2, -0.15) is 18.3 Å². The predicted octanol–water partition coefficient (Wildman–Crippen LogP) is 4.41. The first-order valence-electron chi connectivity index (χ1n) is 12.9. The normalized spacial score (nSPS) is 14.7. The third kappa shape index (κ3) is 5.36. The second-order valence-corrected chi connectivity index (χ2v) is 9.85. The summed E-state index contributed by atoms with van der Waals surface area (Å²) in [7, 11) is 2.04. The Morgan fingerprint density at radius 1 is 1.12 bits per heavy atom. The Labute approximate surface area is 228 Å². The highest BCUT2D eigenvalue weighted by Gasteiger charge is 2.36. The number of aromatic amines is 1. The Morgan fingerprint density at radius 3 is 2.55 bits per heavy atom. The van der Waals surface area contributed by atoms with Crippen molar-refractivity contribution in [1.82, 2.24) is 25.4 Å². The van der Waals surface area contributed by atoms with Gasteiger partial charge in [-0.1, -0.05) is 6.92 Å². The Morgan fingerprint density at radius 2 is 1.88 bits per heavy atom. The van der Waals surface area contributed by atoms with E-state index in [2.05, 4.69) is 30.3 Å². The molecule has 4 aromatic rings. The minimum absolute atomic E-state index is 0.0919. The third-order valence-electron chi connectivity index (χ3n) is 7.13. The van der Waals surface area contributed by atoms with Crippen molar-refractivity contribution in [1.29, 1.82) is 0 Å². The number of primary amides is 1. The maximum atomic E-state index is 15.3. The summed E-state index contributed by atoms with van der Waals surface area (Å²) in [5.74, 6) is -1.71. The van der Waals surface area contributed by atoms with E-state index in [1.807, 2.05) is 20.0 Å². The summed E-state index contributed by atoms with van der Waals surface area (Å²) in [6.45, 7) is 5.72. The van der Waals surface area contributed by atoms with E-state index in [4.69, 9.17) is 5.73 Å². The molecule has 0 bridgehead atoms. The number of nitrogens with one attached hydrogen (secondary N) is 2. The fourth-order valence-electron chi connectivity index (χ4n) is 4.98. The number of hydrogen-bond donors (Lipinski definition) is 3. The van der Waals surface area contributed by atoms with E-state index in [9.17, 15) is 18.0 Å². The van der Waals surface area contributed by atoms with Crippen molar-refractivity contribution < 1.29 is 22.4 Å². The first kappa shape index (κ1) is 27.5. The second kappa shape index (κ2) is 10.9. The lowest BCUT2D eigenvalue weighted by molar-refractivity contribution is -0.137. The molecule has 1 fully saturated rings. The maximum absolute atomic E-state index is 15.3. The van der Waals surface area contributed by atoms with Crippen LogP contribution in [0.5, 0.6) is 0 Å². The van der Waals surface area contributed by atoms with E-state index < -0.39 is 29.0 Å². The van der Waals surface area contributed by atoms with Gasteiger partial charge in [0.15, 0.2) is 0 Å². The summed E-state index contributed by atoms with van der Waals surface area (Å²) in [4.78, 5) is 20.9. The third-order valence-corrected chi connectivity index (χ3v) is 7.13. The number of aromatic nitrogens is 3. The molecule has 0 atom stereocenters. The molecule has 2 aromatic carbocycles. The Hall–Kier alpha value is -4.03. The second-order valence-electron chi connectivity index (χ2n) is 9.85. The molecular formula is C28H29F4N7O. The van der Waals surface area contributed by atoms with Crippen molar-refractivity contribution in [2.24, 2.45) is 5.73 Å². The molecule has 0 unspecified atom stereocenters. The molecule has 0 saturated carbocycles. The highest BCUT2D eigenvalue weighted by molar-refractivity contribution is 6.05. The smallest absolute Gasteiger partial charge is 0.369 e. The van der Waals surface area contributed by atoms with Gasteiger partial charge in [0.1, 0.15) is 11.5 Å². The van der Waals surface area contributed by atoms with Crippen LogP contribution in [-0.4, -0.2) is 65.8 Å². The molecule has 1 aliphatic heterocycles. The van der Waals surface area contributed by atoms with Crippen molar-refractivity contribution in [2.45, 2.75) is 19.6 Å². The highest BCUT2D eigenvalue weighted by atomic mass is 19.4. The molecule has 8 nitrogen and oxygen atoms in total. The van der Waals surface area contributed by atoms with Gasteiger partial charge in [-0.05, 0) is 55.6 Å². The number of carbonyl (C=O) groups excluding carboxylic acids is 1. The number of amides is 1. The number of alkyl halides is 3. The number of likely N-dealkylation sites (N-methyl/N-ethyl adjacent to an activating group) is 1. The van der Waals surface area contributed by atoms with Gasteiger partial charge in [0, 0.05) is 60.5 Å². The topological polar surface area (TPSA) is 103 Å². The number of hydrogen-bond acceptors (Lipinski definition) is 6. The first-order valence-corrected chi connectivity index (χ1v) is 12.9. The molecule has 1 amide bonds. The lowest BCUT2D eigenvalue weighted by Gasteiger charge is -2.34. The van der Waals surface area contributed by atoms with Crippen molar-refractivity contribution in [3.05, 3.63) is 65.1 Å². The monoisotopic (exact) mass is 555 g/mol. The molecule has 3 heterocycles. The first-order chi connectivity index (χ1) is 19.1. The van der Waals surface area contributed by atoms with E-state index in [1.54, 1.807) is 12.1 Å². The number of halogens is 4. The molecule has 0 radical (unpaired) electrons. The van der Waals surface area contributed by atoms with E-state index in [-0.39, 0.29) is 23.4 Å². The highest BCUT2D eigenvalue weighted by Crippen LogP contribution is 2.40. The Bertz CT molecular complexity index is 1560. The van der Waals surface area contributed by atoms with Crippen molar-refractivity contribution in [2.75, 3.05) is 44.7 Å². The maximum Gasteiger partial charge on any atom is 0.417 e. The van der Waals surface area contributed by atoms with Crippen LogP contribution in [-0.2, 0) is 12.7 Å². The van der Waals surface area contributed by atoms with Crippen LogP contribution in [0.1, 0.15) is 28.4 Å². The van der Waals surface area contributed by atoms with E-state index >= 15 is 4.39 Å². The summed E-state index contributed by atoms with van der Waals surface area (Å²) in [5.41, 5.74) is 6.09. The molecule has 12 heteroatoms. The molecule has 210 valence electrons. The standard InChI is InChI=1S/C28H29F4N7O/c1-3-34-14-16-10-21(28(30,31)32)25(22(29)11-16)23-13-20-24(15-35-23)36-37-26(20)19-12-17(4-5-18(19)27(33)40)39-8-6-38(2)7-9-39/h4-5,10-13,15,34H,3,6-9,14H2,1-2H3,(H2,33,40)(H,36,37). The van der Waals surface area contributed by atoms with Crippen LogP contribution >= 0.6 is 0 Å². The molecule has 0 aliphatic carbocycles. The average Bonchev–Trinajstić information content (AvgIpc) is 3.34. The summed E-state index contributed by atoms with van der Waals surface area (Å²) in [6.07, 6.45) is -3.51. The molecular weight excluding hydrogens is 526 g/mol. The summed E-state index contributed by atoms with van der Waals surface area (Å²) in [6, 6.07) is 8.63. The summed E-state index contributed by atoms with van der Waals surface area (Å²) >= 11 is 0. The molecule has 1 saturated heterocycles. The Balaban J connectivity index is 1.65. The fourth-order valence-corrected chi connectivity index (χ4v) is 4.98. The van der Waals surface area contributed by atoms with E-state index in [0.717, 1.165) is 44.0 Å². The van der Waals surface area contributed by atoms with Crippen molar-refractivity contribution in [3.8, 4) is 22.5 Å². The lowest BCUT2D eigenvalue weighted by Crippen LogP contribution is -2.44. The molecule has 4 N–H and O–H groups in total. The van der Waals surface area contributed by atoms with Gasteiger partial charge in [0.2, 0.25) is 5.91 Å². The van der Waals surface area contributed by atoms with Gasteiger partial charge in [-0.3, -0.25) is 14.9 Å². The minimum Gasteiger partial charge on any atom is -0.369 e. The molecule has 2 aromatic heterocycles.